The van der Waals surface area contributed by atoms with Gasteiger partial charge < -0.3 is 9.64 Å². The zero-order chi connectivity index (χ0) is 15.6. The summed E-state index contributed by atoms with van der Waals surface area (Å²) in [6, 6.07) is 4.07. The molecular weight excluding hydrogens is 278 g/mol. The number of carbonyl (C=O) groups is 1. The molecule has 3 heterocycles. The maximum absolute atomic E-state index is 12.9. The molecule has 5 heteroatoms. The SMILES string of the molecule is COCCN1CC[C@]2(CN(Cc3cccnc3)C[C@H]2C)C1=O. The first-order valence-electron chi connectivity index (χ1n) is 8.05. The van der Waals surface area contributed by atoms with Crippen molar-refractivity contribution in [3.8, 4) is 0 Å². The summed E-state index contributed by atoms with van der Waals surface area (Å²) in [5.41, 5.74) is 1.03. The molecule has 22 heavy (non-hydrogen) atoms. The summed E-state index contributed by atoms with van der Waals surface area (Å²) >= 11 is 0. The Morgan fingerprint density at radius 1 is 1.50 bits per heavy atom. The van der Waals surface area contributed by atoms with Crippen LogP contribution in [0.3, 0.4) is 0 Å². The summed E-state index contributed by atoms with van der Waals surface area (Å²) in [6.45, 7) is 7.16. The normalized spacial score (nSPS) is 28.9. The number of rotatable bonds is 5. The fraction of sp³-hybridized carbons (Fsp3) is 0.647. The fourth-order valence-corrected chi connectivity index (χ4v) is 3.93. The van der Waals surface area contributed by atoms with E-state index in [2.05, 4.69) is 22.9 Å². The summed E-state index contributed by atoms with van der Waals surface area (Å²) in [7, 11) is 1.68. The van der Waals surface area contributed by atoms with Crippen LogP contribution in [-0.2, 0) is 16.1 Å². The third-order valence-electron chi connectivity index (χ3n) is 5.22. The third-order valence-corrected chi connectivity index (χ3v) is 5.22. The van der Waals surface area contributed by atoms with Gasteiger partial charge in [0.1, 0.15) is 0 Å². The standard InChI is InChI=1S/C17H25N3O2/c1-14-11-19(12-15-4-3-6-18-10-15)13-17(14)5-7-20(16(17)21)8-9-22-2/h3-4,6,10,14H,5,7-9,11-13H2,1-2H3/t14-,17-/m1/s1. The van der Waals surface area contributed by atoms with Crippen LogP contribution in [0.2, 0.25) is 0 Å². The van der Waals surface area contributed by atoms with Crippen molar-refractivity contribution in [2.75, 3.05) is 39.9 Å². The minimum Gasteiger partial charge on any atom is -0.383 e. The van der Waals surface area contributed by atoms with Crippen molar-refractivity contribution in [1.82, 2.24) is 14.8 Å². The molecule has 0 N–H and O–H groups in total. The molecule has 0 saturated carbocycles. The highest BCUT2D eigenvalue weighted by Gasteiger charge is 2.54. The topological polar surface area (TPSA) is 45.7 Å². The lowest BCUT2D eigenvalue weighted by atomic mass is 9.78. The maximum atomic E-state index is 12.9. The highest BCUT2D eigenvalue weighted by Crippen LogP contribution is 2.44. The Labute approximate surface area is 132 Å². The predicted octanol–water partition coefficient (Wildman–Crippen LogP) is 1.40. The van der Waals surface area contributed by atoms with Crippen LogP contribution in [0.4, 0.5) is 0 Å². The van der Waals surface area contributed by atoms with Crippen molar-refractivity contribution in [2.45, 2.75) is 19.9 Å². The molecule has 2 aliphatic rings. The molecule has 1 spiro atoms. The van der Waals surface area contributed by atoms with Gasteiger partial charge in [-0.1, -0.05) is 13.0 Å². The lowest BCUT2D eigenvalue weighted by molar-refractivity contribution is -0.137. The van der Waals surface area contributed by atoms with Gasteiger partial charge in [-0.2, -0.15) is 0 Å². The van der Waals surface area contributed by atoms with Gasteiger partial charge in [0.2, 0.25) is 5.91 Å². The summed E-state index contributed by atoms with van der Waals surface area (Å²) in [6.07, 6.45) is 4.68. The van der Waals surface area contributed by atoms with Crippen molar-refractivity contribution in [3.63, 3.8) is 0 Å². The predicted molar refractivity (Wildman–Crippen MR) is 84.2 cm³/mol. The van der Waals surface area contributed by atoms with Gasteiger partial charge in [-0.3, -0.25) is 14.7 Å². The number of aromatic nitrogens is 1. The van der Waals surface area contributed by atoms with E-state index in [1.54, 1.807) is 13.3 Å². The quantitative estimate of drug-likeness (QED) is 0.825. The Morgan fingerprint density at radius 2 is 2.36 bits per heavy atom. The molecule has 2 atom stereocenters. The van der Waals surface area contributed by atoms with E-state index in [4.69, 9.17) is 4.74 Å². The Bertz CT molecular complexity index is 522. The molecule has 120 valence electrons. The number of nitrogens with zero attached hydrogens (tertiary/aromatic N) is 3. The molecular formula is C17H25N3O2. The summed E-state index contributed by atoms with van der Waals surface area (Å²) in [4.78, 5) is 21.4. The highest BCUT2D eigenvalue weighted by atomic mass is 16.5. The van der Waals surface area contributed by atoms with Crippen molar-refractivity contribution in [2.24, 2.45) is 11.3 Å². The number of ether oxygens (including phenoxy) is 1. The molecule has 2 saturated heterocycles. The fourth-order valence-electron chi connectivity index (χ4n) is 3.93. The Balaban J connectivity index is 1.67. The van der Waals surface area contributed by atoms with E-state index < -0.39 is 0 Å². The molecule has 1 amide bonds. The molecule has 0 bridgehead atoms. The van der Waals surface area contributed by atoms with Gasteiger partial charge in [0.05, 0.1) is 12.0 Å². The molecule has 2 fully saturated rings. The van der Waals surface area contributed by atoms with Gasteiger partial charge in [-0.15, -0.1) is 0 Å². The largest absolute Gasteiger partial charge is 0.383 e. The molecule has 0 aliphatic carbocycles. The second-order valence-corrected chi connectivity index (χ2v) is 6.62. The molecule has 2 aliphatic heterocycles. The first kappa shape index (κ1) is 15.4. The number of likely N-dealkylation sites (tertiary alicyclic amines) is 2. The van der Waals surface area contributed by atoms with E-state index in [0.717, 1.165) is 32.6 Å². The molecule has 1 aromatic heterocycles. The number of hydrogen-bond donors (Lipinski definition) is 0. The third kappa shape index (κ3) is 2.75. The zero-order valence-electron chi connectivity index (χ0n) is 13.5. The maximum Gasteiger partial charge on any atom is 0.230 e. The van der Waals surface area contributed by atoms with Gasteiger partial charge in [-0.25, -0.2) is 0 Å². The lowest BCUT2D eigenvalue weighted by Gasteiger charge is -2.26. The average Bonchev–Trinajstić information content (AvgIpc) is 3.00. The van der Waals surface area contributed by atoms with Crippen molar-refractivity contribution >= 4 is 5.91 Å². The van der Waals surface area contributed by atoms with E-state index in [9.17, 15) is 4.79 Å². The van der Waals surface area contributed by atoms with E-state index in [0.29, 0.717) is 25.0 Å². The summed E-state index contributed by atoms with van der Waals surface area (Å²) in [5.74, 6) is 0.731. The minimum atomic E-state index is -0.185. The van der Waals surface area contributed by atoms with Crippen LogP contribution in [0.15, 0.2) is 24.5 Å². The zero-order valence-corrected chi connectivity index (χ0v) is 13.5. The van der Waals surface area contributed by atoms with Crippen LogP contribution in [0.5, 0.6) is 0 Å². The molecule has 0 unspecified atom stereocenters. The van der Waals surface area contributed by atoms with Gasteiger partial charge in [0, 0.05) is 52.2 Å². The number of carbonyl (C=O) groups excluding carboxylic acids is 1. The number of hydrogen-bond acceptors (Lipinski definition) is 4. The van der Waals surface area contributed by atoms with Crippen LogP contribution in [0, 0.1) is 11.3 Å². The van der Waals surface area contributed by atoms with Crippen LogP contribution in [0.1, 0.15) is 18.9 Å². The highest BCUT2D eigenvalue weighted by molar-refractivity contribution is 5.86. The monoisotopic (exact) mass is 303 g/mol. The Hall–Kier alpha value is -1.46. The van der Waals surface area contributed by atoms with E-state index in [1.165, 1.54) is 5.56 Å². The first-order valence-corrected chi connectivity index (χ1v) is 8.05. The van der Waals surface area contributed by atoms with Crippen molar-refractivity contribution in [3.05, 3.63) is 30.1 Å². The summed E-state index contributed by atoms with van der Waals surface area (Å²) in [5, 5.41) is 0. The van der Waals surface area contributed by atoms with Gasteiger partial charge in [0.15, 0.2) is 0 Å². The minimum absolute atomic E-state index is 0.185. The van der Waals surface area contributed by atoms with E-state index in [-0.39, 0.29) is 5.41 Å². The van der Waals surface area contributed by atoms with Crippen LogP contribution >= 0.6 is 0 Å². The number of amides is 1. The van der Waals surface area contributed by atoms with Crippen molar-refractivity contribution < 1.29 is 9.53 Å². The van der Waals surface area contributed by atoms with Crippen molar-refractivity contribution in [1.29, 1.82) is 0 Å². The number of methoxy groups -OCH3 is 1. The molecule has 0 aromatic carbocycles. The average molecular weight is 303 g/mol. The Kier molecular flexibility index (Phi) is 4.45. The smallest absolute Gasteiger partial charge is 0.230 e. The second-order valence-electron chi connectivity index (χ2n) is 6.62. The van der Waals surface area contributed by atoms with Crippen LogP contribution in [0.25, 0.3) is 0 Å². The molecule has 1 aromatic rings. The van der Waals surface area contributed by atoms with Gasteiger partial charge in [0.25, 0.3) is 0 Å². The first-order chi connectivity index (χ1) is 10.7. The van der Waals surface area contributed by atoms with Gasteiger partial charge in [-0.05, 0) is 24.0 Å². The van der Waals surface area contributed by atoms with E-state index >= 15 is 0 Å². The Morgan fingerprint density at radius 3 is 3.09 bits per heavy atom. The molecule has 3 rings (SSSR count). The lowest BCUT2D eigenvalue weighted by Crippen LogP contribution is -2.40. The van der Waals surface area contributed by atoms with Gasteiger partial charge >= 0.3 is 0 Å². The van der Waals surface area contributed by atoms with E-state index in [1.807, 2.05) is 17.2 Å². The van der Waals surface area contributed by atoms with Crippen LogP contribution < -0.4 is 0 Å². The molecule has 5 nitrogen and oxygen atoms in total. The van der Waals surface area contributed by atoms with Crippen LogP contribution in [-0.4, -0.2) is 60.6 Å². The molecule has 0 radical (unpaired) electrons. The number of pyridine rings is 1. The summed E-state index contributed by atoms with van der Waals surface area (Å²) < 4.78 is 5.12. The second kappa shape index (κ2) is 6.34.